The number of nitrogens with one attached hydrogen (secondary N) is 1. The lowest BCUT2D eigenvalue weighted by atomic mass is 10.1. The molecule has 0 unspecified atom stereocenters. The van der Waals surface area contributed by atoms with Gasteiger partial charge in [-0.05, 0) is 31.5 Å². The maximum Gasteiger partial charge on any atom is 0.270 e. The summed E-state index contributed by atoms with van der Waals surface area (Å²) in [5, 5.41) is 23.1. The summed E-state index contributed by atoms with van der Waals surface area (Å²) < 4.78 is 0. The van der Waals surface area contributed by atoms with E-state index in [1.54, 1.807) is 26.0 Å². The maximum atomic E-state index is 12.3. The number of hydrogen-bond acceptors (Lipinski definition) is 4. The molecule has 0 atom stereocenters. The number of rotatable bonds is 3. The van der Waals surface area contributed by atoms with Gasteiger partial charge in [0.15, 0.2) is 0 Å². The Hall–Kier alpha value is -2.89. The van der Waals surface area contributed by atoms with Crippen LogP contribution in [0.1, 0.15) is 21.5 Å². The Balaban J connectivity index is 2.34. The number of phenols is 1. The number of nitro groups is 1. The molecule has 2 aromatic rings. The van der Waals surface area contributed by atoms with Crippen LogP contribution >= 0.6 is 0 Å². The molecule has 0 bridgehead atoms. The Labute approximate surface area is 121 Å². The lowest BCUT2D eigenvalue weighted by Crippen LogP contribution is -2.14. The highest BCUT2D eigenvalue weighted by atomic mass is 16.6. The van der Waals surface area contributed by atoms with E-state index in [0.717, 1.165) is 0 Å². The van der Waals surface area contributed by atoms with Crippen molar-refractivity contribution in [2.24, 2.45) is 0 Å². The van der Waals surface area contributed by atoms with E-state index in [1.165, 1.54) is 24.3 Å². The first-order valence-corrected chi connectivity index (χ1v) is 6.25. The summed E-state index contributed by atoms with van der Waals surface area (Å²) in [6.07, 6.45) is 0. The first-order chi connectivity index (χ1) is 9.90. The zero-order valence-corrected chi connectivity index (χ0v) is 11.6. The molecule has 0 saturated heterocycles. The van der Waals surface area contributed by atoms with Crippen LogP contribution in [0.2, 0.25) is 0 Å². The zero-order valence-electron chi connectivity index (χ0n) is 11.6. The minimum Gasteiger partial charge on any atom is -0.508 e. The Bertz CT molecular complexity index is 726. The van der Waals surface area contributed by atoms with Crippen molar-refractivity contribution in [1.82, 2.24) is 0 Å². The van der Waals surface area contributed by atoms with E-state index in [4.69, 9.17) is 0 Å². The number of amides is 1. The van der Waals surface area contributed by atoms with Crippen molar-refractivity contribution < 1.29 is 14.8 Å². The third kappa shape index (κ3) is 3.00. The molecule has 1 amide bonds. The number of hydrogen-bond donors (Lipinski definition) is 2. The Morgan fingerprint density at radius 1 is 1.24 bits per heavy atom. The van der Waals surface area contributed by atoms with Crippen molar-refractivity contribution >= 4 is 17.3 Å². The van der Waals surface area contributed by atoms with Crippen LogP contribution in [0, 0.1) is 24.0 Å². The van der Waals surface area contributed by atoms with E-state index in [2.05, 4.69) is 5.32 Å². The largest absolute Gasteiger partial charge is 0.508 e. The minimum atomic E-state index is -0.546. The van der Waals surface area contributed by atoms with E-state index in [0.29, 0.717) is 16.8 Å². The number of aromatic hydroxyl groups is 1. The van der Waals surface area contributed by atoms with Gasteiger partial charge in [0.2, 0.25) is 0 Å². The van der Waals surface area contributed by atoms with Gasteiger partial charge >= 0.3 is 0 Å². The van der Waals surface area contributed by atoms with Crippen molar-refractivity contribution in [3.8, 4) is 5.75 Å². The summed E-state index contributed by atoms with van der Waals surface area (Å²) in [6, 6.07) is 8.90. The maximum absolute atomic E-state index is 12.3. The van der Waals surface area contributed by atoms with Gasteiger partial charge in [0, 0.05) is 28.9 Å². The van der Waals surface area contributed by atoms with E-state index in [9.17, 15) is 20.0 Å². The molecule has 0 saturated carbocycles. The van der Waals surface area contributed by atoms with Crippen molar-refractivity contribution in [3.63, 3.8) is 0 Å². The number of carbonyl (C=O) groups is 1. The van der Waals surface area contributed by atoms with Crippen LogP contribution in [0.5, 0.6) is 5.75 Å². The molecular weight excluding hydrogens is 272 g/mol. The number of nitro benzene ring substituents is 1. The third-order valence-electron chi connectivity index (χ3n) is 3.23. The van der Waals surface area contributed by atoms with E-state index < -0.39 is 10.8 Å². The molecule has 0 spiro atoms. The van der Waals surface area contributed by atoms with Gasteiger partial charge in [0.05, 0.1) is 4.92 Å². The van der Waals surface area contributed by atoms with Gasteiger partial charge in [-0.1, -0.05) is 12.1 Å². The summed E-state index contributed by atoms with van der Waals surface area (Å²) in [7, 11) is 0. The molecule has 2 rings (SSSR count). The van der Waals surface area contributed by atoms with Crippen LogP contribution in [0.25, 0.3) is 0 Å². The summed E-state index contributed by atoms with van der Waals surface area (Å²) in [5.41, 5.74) is 1.72. The molecule has 0 aliphatic rings. The topological polar surface area (TPSA) is 92.5 Å². The Morgan fingerprint density at radius 2 is 1.95 bits per heavy atom. The highest BCUT2D eigenvalue weighted by Gasteiger charge is 2.15. The summed E-state index contributed by atoms with van der Waals surface area (Å²) in [6.45, 7) is 3.37. The van der Waals surface area contributed by atoms with Gasteiger partial charge in [-0.25, -0.2) is 0 Å². The van der Waals surface area contributed by atoms with Crippen molar-refractivity contribution in [1.29, 1.82) is 0 Å². The number of benzene rings is 2. The zero-order chi connectivity index (χ0) is 15.6. The number of non-ortho nitro benzene ring substituents is 1. The molecule has 0 aliphatic heterocycles. The van der Waals surface area contributed by atoms with Gasteiger partial charge in [-0.3, -0.25) is 14.9 Å². The van der Waals surface area contributed by atoms with Crippen molar-refractivity contribution in [2.45, 2.75) is 13.8 Å². The highest BCUT2D eigenvalue weighted by molar-refractivity contribution is 6.06. The van der Waals surface area contributed by atoms with Crippen LogP contribution in [-0.4, -0.2) is 15.9 Å². The van der Waals surface area contributed by atoms with Gasteiger partial charge in [0.25, 0.3) is 11.6 Å². The first-order valence-electron chi connectivity index (χ1n) is 6.25. The van der Waals surface area contributed by atoms with Crippen LogP contribution in [-0.2, 0) is 0 Å². The first kappa shape index (κ1) is 14.5. The SMILES string of the molecule is Cc1ccc([N+](=O)[O-])cc1C(=O)Nc1cccc(O)c1C. The molecule has 0 fully saturated rings. The minimum absolute atomic E-state index is 0.0727. The highest BCUT2D eigenvalue weighted by Crippen LogP contribution is 2.25. The smallest absolute Gasteiger partial charge is 0.270 e. The fraction of sp³-hybridized carbons (Fsp3) is 0.133. The quantitative estimate of drug-likeness (QED) is 0.669. The molecule has 0 aromatic heterocycles. The molecule has 108 valence electrons. The molecular formula is C15H14N2O4. The van der Waals surface area contributed by atoms with Crippen molar-refractivity contribution in [2.75, 3.05) is 5.32 Å². The lowest BCUT2D eigenvalue weighted by molar-refractivity contribution is -0.384. The number of aryl methyl sites for hydroxylation is 1. The third-order valence-corrected chi connectivity index (χ3v) is 3.23. The van der Waals surface area contributed by atoms with Crippen LogP contribution < -0.4 is 5.32 Å². The van der Waals surface area contributed by atoms with Gasteiger partial charge in [-0.15, -0.1) is 0 Å². The van der Waals surface area contributed by atoms with Gasteiger partial charge < -0.3 is 10.4 Å². The number of carbonyl (C=O) groups excluding carboxylic acids is 1. The summed E-state index contributed by atoms with van der Waals surface area (Å²) >= 11 is 0. The molecule has 6 nitrogen and oxygen atoms in total. The summed E-state index contributed by atoms with van der Waals surface area (Å²) in [5.74, 6) is -0.381. The average molecular weight is 286 g/mol. The number of phenolic OH excluding ortho intramolecular Hbond substituents is 1. The predicted molar refractivity (Wildman–Crippen MR) is 78.6 cm³/mol. The second-order valence-corrected chi connectivity index (χ2v) is 4.66. The molecule has 0 heterocycles. The molecule has 21 heavy (non-hydrogen) atoms. The normalized spacial score (nSPS) is 10.2. The monoisotopic (exact) mass is 286 g/mol. The van der Waals surface area contributed by atoms with E-state index in [1.807, 2.05) is 0 Å². The number of nitrogens with zero attached hydrogens (tertiary/aromatic N) is 1. The summed E-state index contributed by atoms with van der Waals surface area (Å²) in [4.78, 5) is 22.5. The number of anilines is 1. The molecule has 6 heteroatoms. The second kappa shape index (κ2) is 5.62. The average Bonchev–Trinajstić information content (AvgIpc) is 2.44. The van der Waals surface area contributed by atoms with E-state index in [-0.39, 0.29) is 17.0 Å². The van der Waals surface area contributed by atoms with E-state index >= 15 is 0 Å². The predicted octanol–water partition coefficient (Wildman–Crippen LogP) is 3.17. The molecule has 0 aliphatic carbocycles. The van der Waals surface area contributed by atoms with Crippen LogP contribution in [0.4, 0.5) is 11.4 Å². The Kier molecular flexibility index (Phi) is 3.89. The standard InChI is InChI=1S/C15H14N2O4/c1-9-6-7-11(17(20)21)8-12(9)15(19)16-13-4-3-5-14(18)10(13)2/h3-8,18H,1-2H3,(H,16,19). The van der Waals surface area contributed by atoms with Gasteiger partial charge in [0.1, 0.15) is 5.75 Å². The molecule has 2 aromatic carbocycles. The van der Waals surface area contributed by atoms with Crippen molar-refractivity contribution in [3.05, 3.63) is 63.2 Å². The van der Waals surface area contributed by atoms with Crippen LogP contribution in [0.15, 0.2) is 36.4 Å². The van der Waals surface area contributed by atoms with Crippen LogP contribution in [0.3, 0.4) is 0 Å². The molecule has 0 radical (unpaired) electrons. The lowest BCUT2D eigenvalue weighted by Gasteiger charge is -2.10. The molecule has 2 N–H and O–H groups in total. The fourth-order valence-electron chi connectivity index (χ4n) is 1.92. The van der Waals surface area contributed by atoms with Gasteiger partial charge in [-0.2, -0.15) is 0 Å². The second-order valence-electron chi connectivity index (χ2n) is 4.66. The Morgan fingerprint density at radius 3 is 2.62 bits per heavy atom. The fourth-order valence-corrected chi connectivity index (χ4v) is 1.92.